The van der Waals surface area contributed by atoms with Crippen molar-refractivity contribution in [2.24, 2.45) is 5.92 Å². The quantitative estimate of drug-likeness (QED) is 0.701. The van der Waals surface area contributed by atoms with E-state index in [2.05, 4.69) is 0 Å². The SMILES string of the molecule is COCCN1CC(CSC(C)=O)CC1=O. The topological polar surface area (TPSA) is 46.6 Å². The van der Waals surface area contributed by atoms with Crippen LogP contribution in [0.5, 0.6) is 0 Å². The van der Waals surface area contributed by atoms with Gasteiger partial charge in [0.1, 0.15) is 0 Å². The number of thioether (sulfide) groups is 1. The average Bonchev–Trinajstić information content (AvgIpc) is 2.53. The van der Waals surface area contributed by atoms with E-state index in [9.17, 15) is 9.59 Å². The third-order valence-electron chi connectivity index (χ3n) is 2.38. The molecule has 15 heavy (non-hydrogen) atoms. The van der Waals surface area contributed by atoms with Crippen molar-refractivity contribution in [2.75, 3.05) is 32.6 Å². The molecule has 0 aromatic rings. The van der Waals surface area contributed by atoms with E-state index in [0.717, 1.165) is 12.3 Å². The first-order valence-corrected chi connectivity index (χ1v) is 6.02. The number of amides is 1. The first-order valence-electron chi connectivity index (χ1n) is 5.03. The van der Waals surface area contributed by atoms with Crippen LogP contribution in [0.2, 0.25) is 0 Å². The summed E-state index contributed by atoms with van der Waals surface area (Å²) in [5.41, 5.74) is 0. The summed E-state index contributed by atoms with van der Waals surface area (Å²) in [5, 5.41) is 0.123. The van der Waals surface area contributed by atoms with Crippen LogP contribution in [-0.4, -0.2) is 48.5 Å². The lowest BCUT2D eigenvalue weighted by Crippen LogP contribution is -2.29. The molecule has 0 saturated carbocycles. The minimum Gasteiger partial charge on any atom is -0.383 e. The largest absolute Gasteiger partial charge is 0.383 e. The lowest BCUT2D eigenvalue weighted by atomic mass is 10.1. The minimum atomic E-state index is 0.123. The van der Waals surface area contributed by atoms with Gasteiger partial charge in [-0.25, -0.2) is 0 Å². The molecule has 0 spiro atoms. The van der Waals surface area contributed by atoms with Crippen LogP contribution in [0.4, 0.5) is 0 Å². The van der Waals surface area contributed by atoms with Gasteiger partial charge in [0.25, 0.3) is 0 Å². The Labute approximate surface area is 94.3 Å². The maximum absolute atomic E-state index is 11.5. The molecule has 0 aliphatic carbocycles. The van der Waals surface area contributed by atoms with Crippen molar-refractivity contribution in [3.8, 4) is 0 Å². The van der Waals surface area contributed by atoms with Gasteiger partial charge >= 0.3 is 0 Å². The third-order valence-corrected chi connectivity index (χ3v) is 3.43. The maximum atomic E-state index is 11.5. The standard InChI is InChI=1S/C10H17NO3S/c1-8(12)15-7-9-5-10(13)11(6-9)3-4-14-2/h9H,3-7H2,1-2H3. The molecular weight excluding hydrogens is 214 g/mol. The lowest BCUT2D eigenvalue weighted by molar-refractivity contribution is -0.128. The summed E-state index contributed by atoms with van der Waals surface area (Å²) in [6.07, 6.45) is 0.573. The zero-order valence-electron chi connectivity index (χ0n) is 9.19. The zero-order valence-corrected chi connectivity index (χ0v) is 10.0. The normalized spacial score (nSPS) is 21.1. The summed E-state index contributed by atoms with van der Waals surface area (Å²) in [6.45, 7) is 3.57. The second-order valence-corrected chi connectivity index (χ2v) is 4.90. The van der Waals surface area contributed by atoms with Crippen LogP contribution in [0.1, 0.15) is 13.3 Å². The Balaban J connectivity index is 2.28. The fraction of sp³-hybridized carbons (Fsp3) is 0.800. The summed E-state index contributed by atoms with van der Waals surface area (Å²) in [6, 6.07) is 0. The van der Waals surface area contributed by atoms with Crippen LogP contribution in [-0.2, 0) is 14.3 Å². The summed E-state index contributed by atoms with van der Waals surface area (Å²) < 4.78 is 4.93. The first kappa shape index (κ1) is 12.5. The number of rotatable bonds is 5. The van der Waals surface area contributed by atoms with E-state index in [1.807, 2.05) is 4.90 Å². The highest BCUT2D eigenvalue weighted by molar-refractivity contribution is 8.13. The number of carbonyl (C=O) groups is 2. The molecule has 86 valence electrons. The Bertz CT molecular complexity index is 245. The van der Waals surface area contributed by atoms with E-state index < -0.39 is 0 Å². The number of carbonyl (C=O) groups excluding carboxylic acids is 2. The van der Waals surface area contributed by atoms with Crippen LogP contribution >= 0.6 is 11.8 Å². The highest BCUT2D eigenvalue weighted by Crippen LogP contribution is 2.21. The molecule has 1 saturated heterocycles. The molecule has 1 heterocycles. The highest BCUT2D eigenvalue weighted by atomic mass is 32.2. The number of ether oxygens (including phenoxy) is 1. The van der Waals surface area contributed by atoms with Gasteiger partial charge < -0.3 is 9.64 Å². The average molecular weight is 231 g/mol. The molecule has 1 amide bonds. The molecule has 5 heteroatoms. The molecule has 0 aromatic heterocycles. The van der Waals surface area contributed by atoms with Gasteiger partial charge in [0.05, 0.1) is 6.61 Å². The van der Waals surface area contributed by atoms with Gasteiger partial charge in [-0.05, 0) is 5.92 Å². The van der Waals surface area contributed by atoms with Crippen molar-refractivity contribution in [3.05, 3.63) is 0 Å². The molecule has 1 rings (SSSR count). The van der Waals surface area contributed by atoms with Crippen LogP contribution in [0, 0.1) is 5.92 Å². The van der Waals surface area contributed by atoms with E-state index in [4.69, 9.17) is 4.74 Å². The predicted octanol–water partition coefficient (Wildman–Crippen LogP) is 0.761. The molecule has 4 nitrogen and oxygen atoms in total. The van der Waals surface area contributed by atoms with Crippen molar-refractivity contribution < 1.29 is 14.3 Å². The Kier molecular flexibility index (Phi) is 5.11. The van der Waals surface area contributed by atoms with Crippen LogP contribution in [0.15, 0.2) is 0 Å². The molecule has 1 aliphatic rings. The van der Waals surface area contributed by atoms with Crippen molar-refractivity contribution >= 4 is 22.8 Å². The summed E-state index contributed by atoms with van der Waals surface area (Å²) in [5.74, 6) is 1.26. The Morgan fingerprint density at radius 3 is 3.00 bits per heavy atom. The molecule has 1 unspecified atom stereocenters. The van der Waals surface area contributed by atoms with Gasteiger partial charge in [-0.2, -0.15) is 0 Å². The van der Waals surface area contributed by atoms with E-state index >= 15 is 0 Å². The smallest absolute Gasteiger partial charge is 0.223 e. The van der Waals surface area contributed by atoms with Crippen LogP contribution < -0.4 is 0 Å². The summed E-state index contributed by atoms with van der Waals surface area (Å²) in [4.78, 5) is 24.1. The molecule has 0 radical (unpaired) electrons. The van der Waals surface area contributed by atoms with Crippen molar-refractivity contribution in [1.29, 1.82) is 0 Å². The summed E-state index contributed by atoms with van der Waals surface area (Å²) >= 11 is 1.31. The fourth-order valence-electron chi connectivity index (χ4n) is 1.62. The molecule has 1 fully saturated rings. The van der Waals surface area contributed by atoms with Crippen molar-refractivity contribution in [3.63, 3.8) is 0 Å². The third kappa shape index (κ3) is 4.22. The number of nitrogens with zero attached hydrogens (tertiary/aromatic N) is 1. The summed E-state index contributed by atoms with van der Waals surface area (Å²) in [7, 11) is 1.63. The van der Waals surface area contributed by atoms with Crippen LogP contribution in [0.25, 0.3) is 0 Å². The number of likely N-dealkylation sites (tertiary alicyclic amines) is 1. The van der Waals surface area contributed by atoms with Gasteiger partial charge in [-0.1, -0.05) is 11.8 Å². The Hall–Kier alpha value is -0.550. The van der Waals surface area contributed by atoms with E-state index in [-0.39, 0.29) is 11.0 Å². The predicted molar refractivity (Wildman–Crippen MR) is 59.7 cm³/mol. The second kappa shape index (κ2) is 6.12. The van der Waals surface area contributed by atoms with Gasteiger partial charge in [0.2, 0.25) is 5.91 Å². The first-order chi connectivity index (χ1) is 7.13. The Morgan fingerprint density at radius 2 is 2.40 bits per heavy atom. The molecule has 1 aliphatic heterocycles. The second-order valence-electron chi connectivity index (χ2n) is 3.71. The van der Waals surface area contributed by atoms with E-state index in [1.165, 1.54) is 11.8 Å². The van der Waals surface area contributed by atoms with Gasteiger partial charge in [0.15, 0.2) is 5.12 Å². The molecule has 0 bridgehead atoms. The molecular formula is C10H17NO3S. The minimum absolute atomic E-state index is 0.123. The Morgan fingerprint density at radius 1 is 1.67 bits per heavy atom. The monoisotopic (exact) mass is 231 g/mol. The van der Waals surface area contributed by atoms with Crippen molar-refractivity contribution in [1.82, 2.24) is 4.90 Å². The number of methoxy groups -OCH3 is 1. The molecule has 0 N–H and O–H groups in total. The highest BCUT2D eigenvalue weighted by Gasteiger charge is 2.29. The number of hydrogen-bond acceptors (Lipinski definition) is 4. The maximum Gasteiger partial charge on any atom is 0.223 e. The van der Waals surface area contributed by atoms with Gasteiger partial charge in [-0.3, -0.25) is 9.59 Å². The molecule has 1 atom stereocenters. The number of hydrogen-bond donors (Lipinski definition) is 0. The van der Waals surface area contributed by atoms with Crippen LogP contribution in [0.3, 0.4) is 0 Å². The van der Waals surface area contributed by atoms with E-state index in [1.54, 1.807) is 14.0 Å². The van der Waals surface area contributed by atoms with Gasteiger partial charge in [-0.15, -0.1) is 0 Å². The van der Waals surface area contributed by atoms with Crippen molar-refractivity contribution in [2.45, 2.75) is 13.3 Å². The van der Waals surface area contributed by atoms with Gasteiger partial charge in [0, 0.05) is 39.3 Å². The zero-order chi connectivity index (χ0) is 11.3. The molecule has 0 aromatic carbocycles. The fourth-order valence-corrected chi connectivity index (χ4v) is 2.31. The lowest BCUT2D eigenvalue weighted by Gasteiger charge is -2.15. The van der Waals surface area contributed by atoms with E-state index in [0.29, 0.717) is 25.5 Å².